The minimum absolute atomic E-state index is 0.0569. The first kappa shape index (κ1) is 21.8. The summed E-state index contributed by atoms with van der Waals surface area (Å²) >= 11 is 1.53. The lowest BCUT2D eigenvalue weighted by Crippen LogP contribution is -2.34. The van der Waals surface area contributed by atoms with Crippen LogP contribution in [0.1, 0.15) is 33.7 Å². The van der Waals surface area contributed by atoms with Crippen LogP contribution in [-0.4, -0.2) is 20.6 Å². The molecule has 3 aromatic heterocycles. The maximum atomic E-state index is 13.2. The molecule has 0 aliphatic heterocycles. The molecule has 1 unspecified atom stereocenters. The SMILES string of the molecule is O=c1c2c3c(sc2ncn1Cc1ccccn1)CC(NCc1cccc(C(F)(F)F)c1)CC3. The van der Waals surface area contributed by atoms with E-state index in [0.717, 1.165) is 46.3 Å². The zero-order valence-corrected chi connectivity index (χ0v) is 18.4. The molecular formula is C24H21F3N4OS. The zero-order valence-electron chi connectivity index (χ0n) is 17.6. The molecule has 9 heteroatoms. The Morgan fingerprint density at radius 2 is 2.03 bits per heavy atom. The van der Waals surface area contributed by atoms with Gasteiger partial charge in [0.15, 0.2) is 0 Å². The number of halogens is 3. The van der Waals surface area contributed by atoms with Gasteiger partial charge >= 0.3 is 6.18 Å². The second-order valence-electron chi connectivity index (χ2n) is 8.20. The largest absolute Gasteiger partial charge is 0.416 e. The number of rotatable bonds is 5. The summed E-state index contributed by atoms with van der Waals surface area (Å²) in [5.74, 6) is 0. The van der Waals surface area contributed by atoms with E-state index in [1.54, 1.807) is 23.2 Å². The van der Waals surface area contributed by atoms with Crippen molar-refractivity contribution in [3.05, 3.63) is 92.6 Å². The molecule has 5 nitrogen and oxygen atoms in total. The molecule has 1 aliphatic rings. The fourth-order valence-corrected chi connectivity index (χ4v) is 5.53. The number of fused-ring (bicyclic) bond motifs is 3. The fraction of sp³-hybridized carbons (Fsp3) is 0.292. The molecule has 4 aromatic rings. The van der Waals surface area contributed by atoms with Crippen LogP contribution in [0.15, 0.2) is 59.8 Å². The van der Waals surface area contributed by atoms with Crippen molar-refractivity contribution in [2.24, 2.45) is 0 Å². The summed E-state index contributed by atoms with van der Waals surface area (Å²) in [5, 5.41) is 4.07. The molecule has 0 fully saturated rings. The molecular weight excluding hydrogens is 449 g/mol. The van der Waals surface area contributed by atoms with Crippen LogP contribution in [-0.2, 0) is 32.1 Å². The summed E-state index contributed by atoms with van der Waals surface area (Å²) in [7, 11) is 0. The van der Waals surface area contributed by atoms with Gasteiger partial charge in [0.2, 0.25) is 0 Å². The number of benzene rings is 1. The molecule has 1 aliphatic carbocycles. The van der Waals surface area contributed by atoms with E-state index >= 15 is 0 Å². The van der Waals surface area contributed by atoms with Gasteiger partial charge < -0.3 is 5.32 Å². The van der Waals surface area contributed by atoms with Crippen LogP contribution < -0.4 is 10.9 Å². The Bertz CT molecular complexity index is 1350. The van der Waals surface area contributed by atoms with Gasteiger partial charge in [-0.1, -0.05) is 24.3 Å². The number of hydrogen-bond acceptors (Lipinski definition) is 5. The average molecular weight is 471 g/mol. The molecule has 1 N–H and O–H groups in total. The number of aryl methyl sites for hydroxylation is 1. The van der Waals surface area contributed by atoms with E-state index in [0.29, 0.717) is 24.0 Å². The van der Waals surface area contributed by atoms with Gasteiger partial charge in [0.1, 0.15) is 4.83 Å². The van der Waals surface area contributed by atoms with Gasteiger partial charge in [0.25, 0.3) is 5.56 Å². The van der Waals surface area contributed by atoms with Crippen molar-refractivity contribution >= 4 is 21.6 Å². The van der Waals surface area contributed by atoms with E-state index in [4.69, 9.17) is 0 Å². The standard InChI is InChI=1S/C24H21F3N4OS/c25-24(26,27)16-5-3-4-15(10-16)12-29-17-7-8-19-20(11-17)33-22-21(19)23(32)31(14-30-22)13-18-6-1-2-9-28-18/h1-6,9-10,14,17,29H,7-8,11-13H2. The van der Waals surface area contributed by atoms with E-state index in [1.165, 1.54) is 23.5 Å². The highest BCUT2D eigenvalue weighted by Gasteiger charge is 2.30. The van der Waals surface area contributed by atoms with E-state index in [9.17, 15) is 18.0 Å². The van der Waals surface area contributed by atoms with Crippen LogP contribution in [0.5, 0.6) is 0 Å². The normalized spacial score (nSPS) is 16.2. The summed E-state index contributed by atoms with van der Waals surface area (Å²) in [4.78, 5) is 23.8. The Labute approximate surface area is 191 Å². The van der Waals surface area contributed by atoms with Crippen LogP contribution in [0.4, 0.5) is 13.2 Å². The first-order valence-corrected chi connectivity index (χ1v) is 11.5. The monoisotopic (exact) mass is 470 g/mol. The van der Waals surface area contributed by atoms with Gasteiger partial charge in [-0.15, -0.1) is 11.3 Å². The Morgan fingerprint density at radius 1 is 1.15 bits per heavy atom. The minimum atomic E-state index is -4.34. The summed E-state index contributed by atoms with van der Waals surface area (Å²) in [5.41, 5.74) is 1.76. The smallest absolute Gasteiger partial charge is 0.310 e. The second-order valence-corrected chi connectivity index (χ2v) is 9.29. The highest BCUT2D eigenvalue weighted by molar-refractivity contribution is 7.18. The molecule has 1 atom stereocenters. The molecule has 170 valence electrons. The zero-order chi connectivity index (χ0) is 23.0. The maximum Gasteiger partial charge on any atom is 0.416 e. The predicted octanol–water partition coefficient (Wildman–Crippen LogP) is 4.57. The first-order chi connectivity index (χ1) is 15.9. The molecule has 0 saturated heterocycles. The van der Waals surface area contributed by atoms with Gasteiger partial charge in [-0.25, -0.2) is 4.98 Å². The van der Waals surface area contributed by atoms with Gasteiger partial charge in [0.05, 0.1) is 29.5 Å². The van der Waals surface area contributed by atoms with Crippen molar-refractivity contribution < 1.29 is 13.2 Å². The molecule has 1 aromatic carbocycles. The van der Waals surface area contributed by atoms with Crippen LogP contribution in [0, 0.1) is 0 Å². The van der Waals surface area contributed by atoms with Crippen molar-refractivity contribution in [2.45, 2.75) is 44.6 Å². The highest BCUT2D eigenvalue weighted by atomic mass is 32.1. The number of thiophene rings is 1. The van der Waals surface area contributed by atoms with Crippen LogP contribution in [0.25, 0.3) is 10.2 Å². The summed E-state index contributed by atoms with van der Waals surface area (Å²) in [6.07, 6.45) is 1.21. The molecule has 33 heavy (non-hydrogen) atoms. The third kappa shape index (κ3) is 4.56. The third-order valence-electron chi connectivity index (χ3n) is 5.94. The summed E-state index contributed by atoms with van der Waals surface area (Å²) < 4.78 is 40.5. The Hall–Kier alpha value is -3.04. The number of pyridine rings is 1. The lowest BCUT2D eigenvalue weighted by molar-refractivity contribution is -0.137. The first-order valence-electron chi connectivity index (χ1n) is 10.7. The summed E-state index contributed by atoms with van der Waals surface area (Å²) in [6, 6.07) is 11.1. The van der Waals surface area contributed by atoms with Crippen molar-refractivity contribution in [1.29, 1.82) is 0 Å². The van der Waals surface area contributed by atoms with Crippen molar-refractivity contribution in [2.75, 3.05) is 0 Å². The minimum Gasteiger partial charge on any atom is -0.310 e. The van der Waals surface area contributed by atoms with Gasteiger partial charge in [-0.2, -0.15) is 13.2 Å². The average Bonchev–Trinajstić information content (AvgIpc) is 3.18. The predicted molar refractivity (Wildman–Crippen MR) is 121 cm³/mol. The lowest BCUT2D eigenvalue weighted by Gasteiger charge is -2.23. The number of hydrogen-bond donors (Lipinski definition) is 1. The lowest BCUT2D eigenvalue weighted by atomic mass is 9.93. The third-order valence-corrected chi connectivity index (χ3v) is 7.11. The fourth-order valence-electron chi connectivity index (χ4n) is 4.27. The molecule has 0 amide bonds. The Kier molecular flexibility index (Phi) is 5.76. The Balaban J connectivity index is 1.33. The highest BCUT2D eigenvalue weighted by Crippen LogP contribution is 2.34. The van der Waals surface area contributed by atoms with Crippen molar-refractivity contribution in [3.63, 3.8) is 0 Å². The van der Waals surface area contributed by atoms with E-state index in [-0.39, 0.29) is 11.6 Å². The van der Waals surface area contributed by atoms with Crippen LogP contribution in [0.2, 0.25) is 0 Å². The Morgan fingerprint density at radius 3 is 2.82 bits per heavy atom. The second kappa shape index (κ2) is 8.72. The summed E-state index contributed by atoms with van der Waals surface area (Å²) in [6.45, 7) is 0.734. The molecule has 5 rings (SSSR count). The number of nitrogens with zero attached hydrogens (tertiary/aromatic N) is 3. The van der Waals surface area contributed by atoms with E-state index < -0.39 is 11.7 Å². The van der Waals surface area contributed by atoms with Gasteiger partial charge in [-0.3, -0.25) is 14.3 Å². The molecule has 0 radical (unpaired) electrons. The van der Waals surface area contributed by atoms with Crippen molar-refractivity contribution in [3.8, 4) is 0 Å². The molecule has 3 heterocycles. The van der Waals surface area contributed by atoms with Crippen LogP contribution in [0.3, 0.4) is 0 Å². The van der Waals surface area contributed by atoms with E-state index in [1.807, 2.05) is 18.2 Å². The van der Waals surface area contributed by atoms with E-state index in [2.05, 4.69) is 15.3 Å². The maximum absolute atomic E-state index is 13.2. The topological polar surface area (TPSA) is 59.8 Å². The number of aromatic nitrogens is 3. The molecule has 0 bridgehead atoms. The van der Waals surface area contributed by atoms with Gasteiger partial charge in [-0.05, 0) is 48.6 Å². The molecule has 0 saturated carbocycles. The van der Waals surface area contributed by atoms with Crippen molar-refractivity contribution in [1.82, 2.24) is 19.9 Å². The number of nitrogens with one attached hydrogen (secondary N) is 1. The number of alkyl halides is 3. The van der Waals surface area contributed by atoms with Crippen LogP contribution >= 0.6 is 11.3 Å². The quantitative estimate of drug-likeness (QED) is 0.464. The molecule has 0 spiro atoms. The van der Waals surface area contributed by atoms with Gasteiger partial charge in [0, 0.05) is 23.7 Å².